The first-order chi connectivity index (χ1) is 7.50. The topological polar surface area (TPSA) is 29.5 Å². The van der Waals surface area contributed by atoms with E-state index in [0.717, 1.165) is 25.9 Å². The quantitative estimate of drug-likeness (QED) is 0.676. The molecular formula is C13H25NO2. The lowest BCUT2D eigenvalue weighted by molar-refractivity contribution is -0.149. The Bertz CT molecular complexity index is 238. The molecule has 0 amide bonds. The Kier molecular flexibility index (Phi) is 4.78. The second kappa shape index (κ2) is 5.67. The maximum Gasteiger partial charge on any atom is 0.323 e. The summed E-state index contributed by atoms with van der Waals surface area (Å²) in [4.78, 5) is 14.2. The molecule has 1 heterocycles. The average molecular weight is 227 g/mol. The van der Waals surface area contributed by atoms with Crippen molar-refractivity contribution in [1.82, 2.24) is 4.90 Å². The van der Waals surface area contributed by atoms with E-state index in [1.54, 1.807) is 0 Å². The van der Waals surface area contributed by atoms with Gasteiger partial charge in [0.25, 0.3) is 0 Å². The lowest BCUT2D eigenvalue weighted by Gasteiger charge is -2.27. The van der Waals surface area contributed by atoms with E-state index in [4.69, 9.17) is 4.74 Å². The Morgan fingerprint density at radius 3 is 2.56 bits per heavy atom. The number of ether oxygens (including phenoxy) is 1. The van der Waals surface area contributed by atoms with Gasteiger partial charge in [-0.25, -0.2) is 0 Å². The molecule has 1 atom stereocenters. The third-order valence-corrected chi connectivity index (χ3v) is 3.27. The van der Waals surface area contributed by atoms with E-state index in [2.05, 4.69) is 25.7 Å². The molecule has 0 N–H and O–H groups in total. The molecule has 16 heavy (non-hydrogen) atoms. The molecule has 0 aliphatic carbocycles. The van der Waals surface area contributed by atoms with Gasteiger partial charge < -0.3 is 4.74 Å². The lowest BCUT2D eigenvalue weighted by Crippen LogP contribution is -2.41. The van der Waals surface area contributed by atoms with Gasteiger partial charge in [0.05, 0.1) is 6.61 Å². The van der Waals surface area contributed by atoms with Crippen molar-refractivity contribution in [3.63, 3.8) is 0 Å². The van der Waals surface area contributed by atoms with Gasteiger partial charge in [0.15, 0.2) is 0 Å². The summed E-state index contributed by atoms with van der Waals surface area (Å²) in [6, 6.07) is -0.0216. The Morgan fingerprint density at radius 2 is 2.12 bits per heavy atom. The molecular weight excluding hydrogens is 202 g/mol. The minimum atomic E-state index is -0.0398. The minimum absolute atomic E-state index is 0.0216. The van der Waals surface area contributed by atoms with E-state index >= 15 is 0 Å². The van der Waals surface area contributed by atoms with Gasteiger partial charge in [0, 0.05) is 6.54 Å². The largest absolute Gasteiger partial charge is 0.465 e. The Morgan fingerprint density at radius 1 is 1.44 bits per heavy atom. The van der Waals surface area contributed by atoms with Crippen LogP contribution in [0.5, 0.6) is 0 Å². The fraction of sp³-hybridized carbons (Fsp3) is 0.923. The van der Waals surface area contributed by atoms with Crippen LogP contribution < -0.4 is 0 Å². The number of rotatable bonds is 5. The smallest absolute Gasteiger partial charge is 0.323 e. The van der Waals surface area contributed by atoms with Gasteiger partial charge in [0.2, 0.25) is 0 Å². The number of hydrogen-bond acceptors (Lipinski definition) is 3. The van der Waals surface area contributed by atoms with E-state index in [1.165, 1.54) is 6.42 Å². The van der Waals surface area contributed by atoms with Crippen molar-refractivity contribution in [3.05, 3.63) is 0 Å². The molecule has 0 aromatic heterocycles. The van der Waals surface area contributed by atoms with Gasteiger partial charge in [-0.3, -0.25) is 9.69 Å². The highest BCUT2D eigenvalue weighted by molar-refractivity contribution is 5.75. The van der Waals surface area contributed by atoms with Crippen LogP contribution in [0, 0.1) is 5.41 Å². The van der Waals surface area contributed by atoms with Crippen LogP contribution in [0.25, 0.3) is 0 Å². The summed E-state index contributed by atoms with van der Waals surface area (Å²) in [7, 11) is 0. The van der Waals surface area contributed by atoms with Crippen molar-refractivity contribution in [1.29, 1.82) is 0 Å². The molecule has 3 heteroatoms. The number of hydrogen-bond donors (Lipinski definition) is 0. The summed E-state index contributed by atoms with van der Waals surface area (Å²) < 4.78 is 5.16. The normalized spacial score (nSPS) is 22.0. The van der Waals surface area contributed by atoms with Crippen LogP contribution in [0.2, 0.25) is 0 Å². The highest BCUT2D eigenvalue weighted by Crippen LogP contribution is 2.31. The van der Waals surface area contributed by atoms with E-state index in [9.17, 15) is 4.79 Å². The number of carbonyl (C=O) groups excluding carboxylic acids is 1. The van der Waals surface area contributed by atoms with Crippen molar-refractivity contribution in [3.8, 4) is 0 Å². The predicted octanol–water partition coefficient (Wildman–Crippen LogP) is 2.45. The number of esters is 1. The van der Waals surface area contributed by atoms with Crippen molar-refractivity contribution >= 4 is 5.97 Å². The summed E-state index contributed by atoms with van der Waals surface area (Å²) >= 11 is 0. The van der Waals surface area contributed by atoms with E-state index in [0.29, 0.717) is 12.0 Å². The fourth-order valence-corrected chi connectivity index (χ4v) is 2.38. The second-order valence-electron chi connectivity index (χ2n) is 5.44. The first-order valence-corrected chi connectivity index (χ1v) is 6.41. The first-order valence-electron chi connectivity index (χ1n) is 6.41. The van der Waals surface area contributed by atoms with Gasteiger partial charge in [-0.1, -0.05) is 27.2 Å². The van der Waals surface area contributed by atoms with Gasteiger partial charge in [0.1, 0.15) is 6.04 Å². The number of carbonyl (C=O) groups is 1. The van der Waals surface area contributed by atoms with Crippen molar-refractivity contribution in [2.24, 2.45) is 5.41 Å². The minimum Gasteiger partial charge on any atom is -0.465 e. The van der Waals surface area contributed by atoms with Crippen LogP contribution in [0.4, 0.5) is 0 Å². The van der Waals surface area contributed by atoms with E-state index in [1.807, 2.05) is 6.92 Å². The first kappa shape index (κ1) is 13.5. The van der Waals surface area contributed by atoms with Crippen molar-refractivity contribution < 1.29 is 9.53 Å². The zero-order chi connectivity index (χ0) is 12.2. The molecule has 1 aliphatic rings. The molecule has 1 rings (SSSR count). The summed E-state index contributed by atoms with van der Waals surface area (Å²) in [5, 5.41) is 0. The molecule has 0 radical (unpaired) electrons. The number of nitrogens with zero attached hydrogens (tertiary/aromatic N) is 1. The third kappa shape index (κ3) is 3.48. The van der Waals surface area contributed by atoms with E-state index in [-0.39, 0.29) is 12.0 Å². The van der Waals surface area contributed by atoms with Crippen LogP contribution >= 0.6 is 0 Å². The van der Waals surface area contributed by atoms with Crippen molar-refractivity contribution in [2.45, 2.75) is 53.0 Å². The molecule has 0 saturated carbocycles. The predicted molar refractivity (Wildman–Crippen MR) is 65.3 cm³/mol. The summed E-state index contributed by atoms with van der Waals surface area (Å²) in [5.74, 6) is -0.0398. The molecule has 94 valence electrons. The molecule has 0 aromatic carbocycles. The van der Waals surface area contributed by atoms with Crippen LogP contribution in [-0.4, -0.2) is 36.6 Å². The van der Waals surface area contributed by atoms with Crippen LogP contribution in [-0.2, 0) is 9.53 Å². The summed E-state index contributed by atoms with van der Waals surface area (Å²) in [5.41, 5.74) is 0.346. The van der Waals surface area contributed by atoms with Gasteiger partial charge in [-0.15, -0.1) is 0 Å². The SMILES string of the molecule is CCCC(C(=O)OCC)N1CCC(C)(C)C1. The summed E-state index contributed by atoms with van der Waals surface area (Å²) in [6.45, 7) is 11.0. The Balaban J connectivity index is 2.60. The highest BCUT2D eigenvalue weighted by atomic mass is 16.5. The summed E-state index contributed by atoms with van der Waals surface area (Å²) in [6.07, 6.45) is 3.11. The van der Waals surface area contributed by atoms with Gasteiger partial charge in [-0.2, -0.15) is 0 Å². The zero-order valence-electron chi connectivity index (χ0n) is 11.1. The standard InChI is InChI=1S/C13H25NO2/c1-5-7-11(12(15)16-6-2)14-9-8-13(3,4)10-14/h11H,5-10H2,1-4H3. The van der Waals surface area contributed by atoms with Gasteiger partial charge >= 0.3 is 5.97 Å². The average Bonchev–Trinajstić information content (AvgIpc) is 2.55. The molecule has 1 saturated heterocycles. The molecule has 0 bridgehead atoms. The highest BCUT2D eigenvalue weighted by Gasteiger charge is 2.36. The fourth-order valence-electron chi connectivity index (χ4n) is 2.38. The van der Waals surface area contributed by atoms with Crippen LogP contribution in [0.15, 0.2) is 0 Å². The Labute approximate surface area is 99.1 Å². The zero-order valence-corrected chi connectivity index (χ0v) is 11.1. The van der Waals surface area contributed by atoms with Crippen LogP contribution in [0.1, 0.15) is 47.0 Å². The maximum atomic E-state index is 11.9. The molecule has 0 aromatic rings. The lowest BCUT2D eigenvalue weighted by atomic mass is 9.93. The molecule has 1 unspecified atom stereocenters. The van der Waals surface area contributed by atoms with Crippen LogP contribution in [0.3, 0.4) is 0 Å². The van der Waals surface area contributed by atoms with Crippen molar-refractivity contribution in [2.75, 3.05) is 19.7 Å². The molecule has 1 fully saturated rings. The molecule has 0 spiro atoms. The second-order valence-corrected chi connectivity index (χ2v) is 5.44. The molecule has 3 nitrogen and oxygen atoms in total. The van der Waals surface area contributed by atoms with Gasteiger partial charge in [-0.05, 0) is 31.7 Å². The monoisotopic (exact) mass is 227 g/mol. The molecule has 1 aliphatic heterocycles. The number of likely N-dealkylation sites (tertiary alicyclic amines) is 1. The van der Waals surface area contributed by atoms with E-state index < -0.39 is 0 Å². The Hall–Kier alpha value is -0.570. The maximum absolute atomic E-state index is 11.9. The third-order valence-electron chi connectivity index (χ3n) is 3.27.